The van der Waals surface area contributed by atoms with Gasteiger partial charge in [-0.25, -0.2) is 27.3 Å². The van der Waals surface area contributed by atoms with E-state index >= 15 is 0 Å². The van der Waals surface area contributed by atoms with Crippen LogP contribution in [0.1, 0.15) is 30.0 Å². The van der Waals surface area contributed by atoms with Crippen LogP contribution in [0.15, 0.2) is 52.1 Å². The molecule has 2 aliphatic rings. The van der Waals surface area contributed by atoms with Gasteiger partial charge in [0.25, 0.3) is 0 Å². The number of ether oxygens (including phenoxy) is 1. The first kappa shape index (κ1) is 21.6. The number of esters is 1. The second-order valence-electron chi connectivity index (χ2n) is 7.23. The van der Waals surface area contributed by atoms with Crippen molar-refractivity contribution in [2.24, 2.45) is 4.99 Å². The minimum Gasteiger partial charge on any atom is -0.463 e. The predicted octanol–water partition coefficient (Wildman–Crippen LogP) is 2.22. The molecule has 0 radical (unpaired) electrons. The fraction of sp³-hybridized carbons (Fsp3) is 0.350. The van der Waals surface area contributed by atoms with Crippen molar-refractivity contribution in [3.8, 4) is 0 Å². The molecule has 1 saturated heterocycles. The van der Waals surface area contributed by atoms with Gasteiger partial charge in [-0.3, -0.25) is 4.99 Å². The number of amidine groups is 1. The number of nitrogens with one attached hydrogen (secondary N) is 1. The van der Waals surface area contributed by atoms with E-state index in [4.69, 9.17) is 9.73 Å². The van der Waals surface area contributed by atoms with Crippen LogP contribution in [0, 0.1) is 5.82 Å². The summed E-state index contributed by atoms with van der Waals surface area (Å²) < 4.78 is 45.1. The molecule has 3 heterocycles. The molecule has 2 aromatic rings. The van der Waals surface area contributed by atoms with Crippen LogP contribution in [0.25, 0.3) is 0 Å². The molecule has 8 nitrogen and oxygen atoms in total. The number of carbonyl (C=O) groups excluding carboxylic acids is 1. The SMILES string of the molecule is CCOC(=O)C1=C2C[C@H](NS(C)(=O)=O)CN2C(c2nccs2)=N[C@H]1c1ccc(F)cc1. The molecule has 0 amide bonds. The summed E-state index contributed by atoms with van der Waals surface area (Å²) in [6.45, 7) is 2.20. The average molecular weight is 465 g/mol. The Morgan fingerprint density at radius 3 is 2.71 bits per heavy atom. The molecule has 164 valence electrons. The number of carbonyl (C=O) groups is 1. The fourth-order valence-electron chi connectivity index (χ4n) is 3.83. The summed E-state index contributed by atoms with van der Waals surface area (Å²) in [4.78, 5) is 24.0. The Bertz CT molecular complexity index is 1140. The van der Waals surface area contributed by atoms with Gasteiger partial charge < -0.3 is 9.64 Å². The lowest BCUT2D eigenvalue weighted by molar-refractivity contribution is -0.139. The number of sulfonamides is 1. The Morgan fingerprint density at radius 1 is 1.35 bits per heavy atom. The summed E-state index contributed by atoms with van der Waals surface area (Å²) in [6, 6.07) is 4.64. The Kier molecular flexibility index (Phi) is 5.91. The lowest BCUT2D eigenvalue weighted by Crippen LogP contribution is -2.39. The zero-order chi connectivity index (χ0) is 22.2. The number of halogens is 1. The molecular weight excluding hydrogens is 443 g/mol. The third-order valence-corrected chi connectivity index (χ3v) is 6.48. The maximum Gasteiger partial charge on any atom is 0.338 e. The van der Waals surface area contributed by atoms with Crippen molar-refractivity contribution in [3.63, 3.8) is 0 Å². The highest BCUT2D eigenvalue weighted by Gasteiger charge is 2.42. The molecule has 0 bridgehead atoms. The maximum atomic E-state index is 13.5. The van der Waals surface area contributed by atoms with Crippen LogP contribution in [-0.2, 0) is 19.6 Å². The van der Waals surface area contributed by atoms with E-state index in [1.165, 1.54) is 23.5 Å². The van der Waals surface area contributed by atoms with E-state index < -0.39 is 33.9 Å². The van der Waals surface area contributed by atoms with Gasteiger partial charge in [0.05, 0.1) is 18.4 Å². The Hall–Kier alpha value is -2.63. The monoisotopic (exact) mass is 464 g/mol. The molecule has 2 aliphatic heterocycles. The first-order valence-electron chi connectivity index (χ1n) is 9.65. The lowest BCUT2D eigenvalue weighted by atomic mass is 9.94. The van der Waals surface area contributed by atoms with E-state index in [9.17, 15) is 17.6 Å². The molecule has 1 N–H and O–H groups in total. The van der Waals surface area contributed by atoms with E-state index in [0.717, 1.165) is 6.26 Å². The van der Waals surface area contributed by atoms with Gasteiger partial charge in [-0.2, -0.15) is 0 Å². The molecule has 1 aromatic carbocycles. The van der Waals surface area contributed by atoms with Crippen LogP contribution < -0.4 is 4.72 Å². The number of aliphatic imine (C=N–C) groups is 1. The smallest absolute Gasteiger partial charge is 0.338 e. The zero-order valence-corrected chi connectivity index (χ0v) is 18.5. The highest BCUT2D eigenvalue weighted by molar-refractivity contribution is 7.88. The zero-order valence-electron chi connectivity index (χ0n) is 16.9. The minimum atomic E-state index is -3.45. The van der Waals surface area contributed by atoms with Crippen LogP contribution >= 0.6 is 11.3 Å². The lowest BCUT2D eigenvalue weighted by Gasteiger charge is -2.31. The highest BCUT2D eigenvalue weighted by Crippen LogP contribution is 2.40. The van der Waals surface area contributed by atoms with Crippen molar-refractivity contribution in [3.05, 3.63) is 63.5 Å². The van der Waals surface area contributed by atoms with E-state index in [2.05, 4.69) is 9.71 Å². The van der Waals surface area contributed by atoms with Crippen LogP contribution in [0.5, 0.6) is 0 Å². The van der Waals surface area contributed by atoms with E-state index in [0.29, 0.717) is 40.6 Å². The summed E-state index contributed by atoms with van der Waals surface area (Å²) in [5.74, 6) is -0.377. The predicted molar refractivity (Wildman–Crippen MR) is 115 cm³/mol. The molecule has 0 aliphatic carbocycles. The molecule has 31 heavy (non-hydrogen) atoms. The van der Waals surface area contributed by atoms with Crippen LogP contribution in [0.4, 0.5) is 4.39 Å². The summed E-state index contributed by atoms with van der Waals surface area (Å²) in [5, 5.41) is 2.46. The van der Waals surface area contributed by atoms with Gasteiger partial charge in [0.1, 0.15) is 11.9 Å². The molecular formula is C20H21FN4O4S2. The average Bonchev–Trinajstić information content (AvgIpc) is 3.36. The summed E-state index contributed by atoms with van der Waals surface area (Å²) in [5.41, 5.74) is 1.59. The molecule has 4 rings (SSSR count). The highest BCUT2D eigenvalue weighted by atomic mass is 32.2. The number of hydrogen-bond acceptors (Lipinski definition) is 8. The third kappa shape index (κ3) is 4.53. The number of nitrogens with zero attached hydrogens (tertiary/aromatic N) is 3. The molecule has 2 atom stereocenters. The van der Waals surface area contributed by atoms with Crippen LogP contribution in [-0.4, -0.2) is 55.6 Å². The summed E-state index contributed by atoms with van der Waals surface area (Å²) in [6.07, 6.45) is 3.05. The normalized spacial score (nSPS) is 21.1. The van der Waals surface area contributed by atoms with Gasteiger partial charge >= 0.3 is 5.97 Å². The second-order valence-corrected chi connectivity index (χ2v) is 9.90. The third-order valence-electron chi connectivity index (χ3n) is 4.95. The van der Waals surface area contributed by atoms with Gasteiger partial charge in [0, 0.05) is 36.3 Å². The Morgan fingerprint density at radius 2 is 2.10 bits per heavy atom. The van der Waals surface area contributed by atoms with Crippen molar-refractivity contribution < 1.29 is 22.3 Å². The number of fused-ring (bicyclic) bond motifs is 1. The van der Waals surface area contributed by atoms with Gasteiger partial charge in [-0.15, -0.1) is 11.3 Å². The number of rotatable bonds is 6. The number of thiazole rings is 1. The van der Waals surface area contributed by atoms with Gasteiger partial charge in [-0.05, 0) is 24.6 Å². The van der Waals surface area contributed by atoms with Gasteiger partial charge in [-0.1, -0.05) is 12.1 Å². The summed E-state index contributed by atoms with van der Waals surface area (Å²) in [7, 11) is -3.45. The first-order chi connectivity index (χ1) is 14.8. The van der Waals surface area contributed by atoms with E-state index in [1.54, 1.807) is 25.3 Å². The van der Waals surface area contributed by atoms with Crippen LogP contribution in [0.3, 0.4) is 0 Å². The molecule has 1 fully saturated rings. The molecule has 11 heteroatoms. The van der Waals surface area contributed by atoms with Crippen molar-refractivity contribution in [2.45, 2.75) is 25.4 Å². The molecule has 0 unspecified atom stereocenters. The van der Waals surface area contributed by atoms with Crippen molar-refractivity contribution in [1.29, 1.82) is 0 Å². The van der Waals surface area contributed by atoms with Gasteiger partial charge in [0.15, 0.2) is 10.8 Å². The Balaban J connectivity index is 1.86. The first-order valence-corrected chi connectivity index (χ1v) is 12.4. The molecule has 0 saturated carbocycles. The largest absolute Gasteiger partial charge is 0.463 e. The van der Waals surface area contributed by atoms with Crippen molar-refractivity contribution >= 4 is 33.2 Å². The topological polar surface area (TPSA) is 101 Å². The maximum absolute atomic E-state index is 13.5. The van der Waals surface area contributed by atoms with E-state index in [1.807, 2.05) is 10.3 Å². The fourth-order valence-corrected chi connectivity index (χ4v) is 5.24. The van der Waals surface area contributed by atoms with Crippen LogP contribution in [0.2, 0.25) is 0 Å². The molecule has 1 aromatic heterocycles. The Labute approximate surface area is 183 Å². The quantitative estimate of drug-likeness (QED) is 0.658. The number of hydrogen-bond donors (Lipinski definition) is 1. The molecule has 0 spiro atoms. The second kappa shape index (κ2) is 8.48. The minimum absolute atomic E-state index is 0.180. The van der Waals surface area contributed by atoms with E-state index in [-0.39, 0.29) is 6.61 Å². The number of aromatic nitrogens is 1. The number of benzene rings is 1. The van der Waals surface area contributed by atoms with Gasteiger partial charge in [0.2, 0.25) is 10.0 Å². The van der Waals surface area contributed by atoms with Crippen molar-refractivity contribution in [1.82, 2.24) is 14.6 Å². The standard InChI is InChI=1S/C20H21FN4O4S2/c1-3-29-20(26)16-15-10-14(24-31(2,27)28)11-25(15)18(19-22-8-9-30-19)23-17(16)12-4-6-13(21)7-5-12/h4-9,14,17,24H,3,10-11H2,1-2H3/t14-,17-/m0/s1. The summed E-state index contributed by atoms with van der Waals surface area (Å²) >= 11 is 1.39. The van der Waals surface area contributed by atoms with Crippen molar-refractivity contribution in [2.75, 3.05) is 19.4 Å².